The van der Waals surface area contributed by atoms with Crippen molar-refractivity contribution in [3.05, 3.63) is 65.4 Å². The fourth-order valence-corrected chi connectivity index (χ4v) is 3.86. The van der Waals surface area contributed by atoms with E-state index in [4.69, 9.17) is 4.74 Å². The molecule has 2 unspecified atom stereocenters. The summed E-state index contributed by atoms with van der Waals surface area (Å²) in [4.78, 5) is 16.0. The number of rotatable bonds is 8. The van der Waals surface area contributed by atoms with Crippen molar-refractivity contribution >= 4 is 23.0 Å². The van der Waals surface area contributed by atoms with Crippen molar-refractivity contribution in [2.24, 2.45) is 5.10 Å². The summed E-state index contributed by atoms with van der Waals surface area (Å²) in [6.07, 6.45) is 4.42. The first-order valence-electron chi connectivity index (χ1n) is 10.8. The zero-order valence-electron chi connectivity index (χ0n) is 17.9. The molecule has 162 valence electrons. The summed E-state index contributed by atoms with van der Waals surface area (Å²) in [6, 6.07) is 15.6. The quantitative estimate of drug-likeness (QED) is 0.255. The maximum atomic E-state index is 12.6. The van der Waals surface area contributed by atoms with Gasteiger partial charge in [-0.05, 0) is 31.9 Å². The van der Waals surface area contributed by atoms with Gasteiger partial charge < -0.3 is 9.72 Å². The molecule has 1 aromatic heterocycles. The van der Waals surface area contributed by atoms with Gasteiger partial charge in [0.15, 0.2) is 0 Å². The van der Waals surface area contributed by atoms with Gasteiger partial charge in [0.1, 0.15) is 11.8 Å². The normalized spacial score (nSPS) is 18.6. The lowest BCUT2D eigenvalue weighted by Gasteiger charge is -2.15. The number of hydrogen-bond acceptors (Lipinski definition) is 5. The summed E-state index contributed by atoms with van der Waals surface area (Å²) in [5.74, 6) is 0.692. The number of aryl methyl sites for hydroxylation is 1. The van der Waals surface area contributed by atoms with Crippen LogP contribution in [0.4, 0.5) is 0 Å². The Hall–Kier alpha value is -3.16. The Morgan fingerprint density at radius 3 is 2.87 bits per heavy atom. The molecule has 1 amide bonds. The fourth-order valence-electron chi connectivity index (χ4n) is 3.86. The van der Waals surface area contributed by atoms with Crippen LogP contribution in [0.2, 0.25) is 0 Å². The van der Waals surface area contributed by atoms with Crippen LogP contribution in [0.5, 0.6) is 5.75 Å². The van der Waals surface area contributed by atoms with Crippen LogP contribution in [0.25, 0.3) is 10.9 Å². The molecule has 1 aliphatic heterocycles. The first-order valence-corrected chi connectivity index (χ1v) is 10.8. The van der Waals surface area contributed by atoms with Gasteiger partial charge in [0, 0.05) is 27.7 Å². The number of para-hydroxylation sites is 2. The molecule has 7 heteroatoms. The summed E-state index contributed by atoms with van der Waals surface area (Å²) in [5, 5.41) is 5.28. The molecule has 7 nitrogen and oxygen atoms in total. The van der Waals surface area contributed by atoms with Crippen LogP contribution >= 0.6 is 0 Å². The monoisotopic (exact) mass is 419 g/mol. The number of nitrogens with zero attached hydrogens (tertiary/aromatic N) is 1. The molecule has 2 heterocycles. The molecule has 4 rings (SSSR count). The predicted octanol–water partition coefficient (Wildman–Crippen LogP) is 3.71. The summed E-state index contributed by atoms with van der Waals surface area (Å²) in [6.45, 7) is 4.83. The SMILES string of the molecule is CCCCOc1ccccc1C1CC(C(=O)N/N=C/c2c(C)[nH]c3ccccc23)NN1. The Morgan fingerprint density at radius 1 is 1.19 bits per heavy atom. The average molecular weight is 420 g/mol. The van der Waals surface area contributed by atoms with Crippen LogP contribution in [0.15, 0.2) is 53.6 Å². The third kappa shape index (κ3) is 4.78. The molecule has 1 fully saturated rings. The van der Waals surface area contributed by atoms with Crippen molar-refractivity contribution < 1.29 is 9.53 Å². The zero-order valence-corrected chi connectivity index (χ0v) is 17.9. The molecule has 2 atom stereocenters. The van der Waals surface area contributed by atoms with E-state index in [0.717, 1.165) is 46.3 Å². The summed E-state index contributed by atoms with van der Waals surface area (Å²) in [7, 11) is 0. The highest BCUT2D eigenvalue weighted by Crippen LogP contribution is 2.30. The largest absolute Gasteiger partial charge is 0.493 e. The van der Waals surface area contributed by atoms with Crippen molar-refractivity contribution in [2.75, 3.05) is 6.61 Å². The Kier molecular flexibility index (Phi) is 6.64. The number of aromatic amines is 1. The highest BCUT2D eigenvalue weighted by Gasteiger charge is 2.31. The van der Waals surface area contributed by atoms with Gasteiger partial charge in [-0.25, -0.2) is 16.3 Å². The highest BCUT2D eigenvalue weighted by atomic mass is 16.5. The number of hydrazine groups is 1. The zero-order chi connectivity index (χ0) is 21.6. The van der Waals surface area contributed by atoms with Crippen LogP contribution in [-0.2, 0) is 4.79 Å². The number of hydrogen-bond donors (Lipinski definition) is 4. The number of amides is 1. The number of ether oxygens (including phenoxy) is 1. The smallest absolute Gasteiger partial charge is 0.258 e. The first-order chi connectivity index (χ1) is 15.2. The van der Waals surface area contributed by atoms with E-state index in [1.54, 1.807) is 6.21 Å². The topological polar surface area (TPSA) is 90.5 Å². The Balaban J connectivity index is 1.37. The van der Waals surface area contributed by atoms with Crippen LogP contribution in [0.3, 0.4) is 0 Å². The molecule has 0 spiro atoms. The van der Waals surface area contributed by atoms with E-state index in [-0.39, 0.29) is 18.0 Å². The van der Waals surface area contributed by atoms with E-state index in [1.807, 2.05) is 55.5 Å². The average Bonchev–Trinajstić information content (AvgIpc) is 3.39. The van der Waals surface area contributed by atoms with Gasteiger partial charge in [-0.3, -0.25) is 4.79 Å². The lowest BCUT2D eigenvalue weighted by atomic mass is 10.0. The second kappa shape index (κ2) is 9.76. The number of unbranched alkanes of at least 4 members (excludes halogenated alkanes) is 1. The molecule has 2 aromatic carbocycles. The fraction of sp³-hybridized carbons (Fsp3) is 0.333. The second-order valence-electron chi connectivity index (χ2n) is 7.81. The molecule has 3 aromatic rings. The van der Waals surface area contributed by atoms with Crippen LogP contribution in [-0.4, -0.2) is 29.8 Å². The van der Waals surface area contributed by atoms with Gasteiger partial charge in [-0.15, -0.1) is 0 Å². The van der Waals surface area contributed by atoms with E-state index >= 15 is 0 Å². The number of fused-ring (bicyclic) bond motifs is 1. The predicted molar refractivity (Wildman–Crippen MR) is 123 cm³/mol. The first kappa shape index (κ1) is 21.1. The molecular weight excluding hydrogens is 390 g/mol. The van der Waals surface area contributed by atoms with Gasteiger partial charge in [-0.1, -0.05) is 49.7 Å². The van der Waals surface area contributed by atoms with Crippen molar-refractivity contribution in [1.29, 1.82) is 0 Å². The van der Waals surface area contributed by atoms with Crippen molar-refractivity contribution in [3.8, 4) is 5.75 Å². The summed E-state index contributed by atoms with van der Waals surface area (Å²) in [5.41, 5.74) is 13.1. The second-order valence-corrected chi connectivity index (χ2v) is 7.81. The number of benzene rings is 2. The molecule has 0 aliphatic carbocycles. The summed E-state index contributed by atoms with van der Waals surface area (Å²) >= 11 is 0. The standard InChI is InChI=1S/C24H29N5O2/c1-3-4-13-31-23-12-8-6-10-18(23)21-14-22(28-27-21)24(30)29-25-15-19-16(2)26-20-11-7-5-9-17(19)20/h5-12,15,21-22,26-28H,3-4,13-14H2,1-2H3,(H,29,30)/b25-15+. The molecule has 31 heavy (non-hydrogen) atoms. The van der Waals surface area contributed by atoms with Crippen LogP contribution in [0.1, 0.15) is 49.0 Å². The van der Waals surface area contributed by atoms with Gasteiger partial charge in [0.2, 0.25) is 0 Å². The molecule has 0 saturated carbocycles. The van der Waals surface area contributed by atoms with Crippen molar-refractivity contribution in [1.82, 2.24) is 21.3 Å². The van der Waals surface area contributed by atoms with Gasteiger partial charge in [0.05, 0.1) is 18.9 Å². The van der Waals surface area contributed by atoms with E-state index in [0.29, 0.717) is 13.0 Å². The number of carbonyl (C=O) groups is 1. The van der Waals surface area contributed by atoms with Crippen molar-refractivity contribution in [3.63, 3.8) is 0 Å². The molecule has 4 N–H and O–H groups in total. The number of H-pyrrole nitrogens is 1. The van der Waals surface area contributed by atoms with Gasteiger partial charge in [0.25, 0.3) is 5.91 Å². The lowest BCUT2D eigenvalue weighted by molar-refractivity contribution is -0.122. The third-order valence-electron chi connectivity index (χ3n) is 5.58. The van der Waals surface area contributed by atoms with E-state index in [9.17, 15) is 4.79 Å². The number of carbonyl (C=O) groups excluding carboxylic acids is 1. The van der Waals surface area contributed by atoms with Crippen molar-refractivity contribution in [2.45, 2.75) is 45.2 Å². The number of hydrazone groups is 1. The number of aromatic nitrogens is 1. The van der Waals surface area contributed by atoms with E-state index < -0.39 is 0 Å². The Bertz CT molecular complexity index is 1070. The maximum Gasteiger partial charge on any atom is 0.258 e. The minimum atomic E-state index is -0.380. The molecule has 0 radical (unpaired) electrons. The third-order valence-corrected chi connectivity index (χ3v) is 5.58. The Morgan fingerprint density at radius 2 is 2.00 bits per heavy atom. The highest BCUT2D eigenvalue weighted by molar-refractivity contribution is 6.00. The molecular formula is C24H29N5O2. The van der Waals surface area contributed by atoms with Crippen LogP contribution in [0, 0.1) is 6.92 Å². The molecule has 1 saturated heterocycles. The van der Waals surface area contributed by atoms with E-state index in [2.05, 4.69) is 33.3 Å². The molecule has 0 bridgehead atoms. The van der Waals surface area contributed by atoms with Gasteiger partial charge in [-0.2, -0.15) is 5.10 Å². The van der Waals surface area contributed by atoms with E-state index in [1.165, 1.54) is 0 Å². The maximum absolute atomic E-state index is 12.6. The lowest BCUT2D eigenvalue weighted by Crippen LogP contribution is -2.41. The van der Waals surface area contributed by atoms with Gasteiger partial charge >= 0.3 is 0 Å². The summed E-state index contributed by atoms with van der Waals surface area (Å²) < 4.78 is 5.94. The minimum Gasteiger partial charge on any atom is -0.493 e. The number of nitrogens with one attached hydrogen (secondary N) is 4. The Labute approximate surface area is 182 Å². The minimum absolute atomic E-state index is 0.00609. The molecule has 1 aliphatic rings. The van der Waals surface area contributed by atoms with Crippen LogP contribution < -0.4 is 21.0 Å².